The van der Waals surface area contributed by atoms with Gasteiger partial charge in [0.15, 0.2) is 0 Å². The van der Waals surface area contributed by atoms with Crippen molar-refractivity contribution in [3.05, 3.63) is 29.3 Å². The van der Waals surface area contributed by atoms with Crippen molar-refractivity contribution in [3.8, 4) is 0 Å². The molecule has 0 saturated carbocycles. The van der Waals surface area contributed by atoms with Crippen LogP contribution in [-0.2, 0) is 4.79 Å². The fourth-order valence-corrected chi connectivity index (χ4v) is 1.26. The normalized spacial score (nSPS) is 10.2. The maximum absolute atomic E-state index is 11.3. The Balaban J connectivity index is 2.69. The molecule has 1 N–H and O–H groups in total. The van der Waals surface area contributed by atoms with Crippen LogP contribution in [-0.4, -0.2) is 7.84 Å². The molecule has 5 heteroatoms. The van der Waals surface area contributed by atoms with Crippen LogP contribution < -0.4 is 5.32 Å². The SMILES string of the molecule is O=C(Nc1cccc(Cl)c1)C(I)I. The molecule has 13 heavy (non-hydrogen) atoms. The Kier molecular flexibility index (Phi) is 4.74. The van der Waals surface area contributed by atoms with E-state index in [1.54, 1.807) is 24.3 Å². The van der Waals surface area contributed by atoms with Gasteiger partial charge in [0.1, 0.15) is 1.93 Å². The molecule has 0 fully saturated rings. The fourth-order valence-electron chi connectivity index (χ4n) is 0.763. The maximum atomic E-state index is 11.3. The number of anilines is 1. The maximum Gasteiger partial charge on any atom is 0.247 e. The van der Waals surface area contributed by atoms with Gasteiger partial charge in [0.25, 0.3) is 0 Å². The molecule has 0 aliphatic carbocycles. The van der Waals surface area contributed by atoms with Crippen LogP contribution in [0.5, 0.6) is 0 Å². The third-order valence-corrected chi connectivity index (χ3v) is 2.66. The molecular weight excluding hydrogens is 415 g/mol. The first kappa shape index (κ1) is 11.5. The summed E-state index contributed by atoms with van der Waals surface area (Å²) < 4.78 is -0.0748. The minimum absolute atomic E-state index is 0.0246. The van der Waals surface area contributed by atoms with E-state index in [9.17, 15) is 4.79 Å². The Bertz CT molecular complexity index is 317. The van der Waals surface area contributed by atoms with Gasteiger partial charge >= 0.3 is 0 Å². The summed E-state index contributed by atoms with van der Waals surface area (Å²) in [6.07, 6.45) is 0. The van der Waals surface area contributed by atoms with Gasteiger partial charge in [-0.2, -0.15) is 0 Å². The molecule has 0 heterocycles. The quantitative estimate of drug-likeness (QED) is 0.575. The molecule has 0 saturated heterocycles. The molecule has 0 spiro atoms. The summed E-state index contributed by atoms with van der Waals surface area (Å²) in [6.45, 7) is 0. The van der Waals surface area contributed by atoms with E-state index in [1.165, 1.54) is 0 Å². The van der Waals surface area contributed by atoms with Gasteiger partial charge in [0.05, 0.1) is 0 Å². The summed E-state index contributed by atoms with van der Waals surface area (Å²) in [4.78, 5) is 11.3. The van der Waals surface area contributed by atoms with Crippen molar-refractivity contribution in [3.63, 3.8) is 0 Å². The average molecular weight is 421 g/mol. The Hall–Kier alpha value is 0.440. The number of rotatable bonds is 2. The Morgan fingerprint density at radius 3 is 2.69 bits per heavy atom. The molecule has 1 aromatic rings. The lowest BCUT2D eigenvalue weighted by Crippen LogP contribution is -2.17. The summed E-state index contributed by atoms with van der Waals surface area (Å²) in [7, 11) is 0. The van der Waals surface area contributed by atoms with E-state index in [4.69, 9.17) is 11.6 Å². The molecule has 0 aliphatic rings. The average Bonchev–Trinajstić information content (AvgIpc) is 2.04. The lowest BCUT2D eigenvalue weighted by Gasteiger charge is -2.05. The molecule has 0 atom stereocenters. The van der Waals surface area contributed by atoms with E-state index in [0.717, 1.165) is 5.69 Å². The zero-order chi connectivity index (χ0) is 9.84. The van der Waals surface area contributed by atoms with Crippen molar-refractivity contribution >= 4 is 68.4 Å². The van der Waals surface area contributed by atoms with Crippen LogP contribution in [0, 0.1) is 0 Å². The van der Waals surface area contributed by atoms with Gasteiger partial charge in [0, 0.05) is 10.7 Å². The second-order valence-electron chi connectivity index (χ2n) is 2.30. The standard InChI is InChI=1S/C8H6ClI2NO/c9-5-2-1-3-6(4-5)12-8(13)7(10)11/h1-4,7H,(H,12,13). The number of benzene rings is 1. The van der Waals surface area contributed by atoms with Crippen molar-refractivity contribution in [2.45, 2.75) is 1.93 Å². The molecule has 1 rings (SSSR count). The second-order valence-corrected chi connectivity index (χ2v) is 7.61. The highest BCUT2D eigenvalue weighted by atomic mass is 127. The fraction of sp³-hybridized carbons (Fsp3) is 0.125. The van der Waals surface area contributed by atoms with E-state index in [1.807, 2.05) is 45.2 Å². The number of hydrogen-bond acceptors (Lipinski definition) is 1. The van der Waals surface area contributed by atoms with Crippen LogP contribution in [0.2, 0.25) is 5.02 Å². The van der Waals surface area contributed by atoms with Crippen molar-refractivity contribution in [2.75, 3.05) is 5.32 Å². The highest BCUT2D eigenvalue weighted by molar-refractivity contribution is 14.2. The molecule has 0 unspecified atom stereocenters. The van der Waals surface area contributed by atoms with E-state index in [-0.39, 0.29) is 7.84 Å². The van der Waals surface area contributed by atoms with Gasteiger partial charge in [-0.3, -0.25) is 4.79 Å². The van der Waals surface area contributed by atoms with E-state index in [0.29, 0.717) is 5.02 Å². The molecule has 1 aromatic carbocycles. The number of nitrogens with one attached hydrogen (secondary N) is 1. The number of alkyl halides is 2. The minimum Gasteiger partial charge on any atom is -0.324 e. The van der Waals surface area contributed by atoms with Gasteiger partial charge in [-0.25, -0.2) is 0 Å². The summed E-state index contributed by atoms with van der Waals surface area (Å²) in [5.41, 5.74) is 0.732. The molecule has 0 radical (unpaired) electrons. The van der Waals surface area contributed by atoms with Gasteiger partial charge < -0.3 is 5.32 Å². The third kappa shape index (κ3) is 3.99. The lowest BCUT2D eigenvalue weighted by molar-refractivity contribution is -0.113. The van der Waals surface area contributed by atoms with Crippen molar-refractivity contribution in [1.29, 1.82) is 0 Å². The van der Waals surface area contributed by atoms with Gasteiger partial charge in [-0.1, -0.05) is 62.8 Å². The minimum atomic E-state index is -0.0748. The highest BCUT2D eigenvalue weighted by Gasteiger charge is 2.09. The molecule has 70 valence electrons. The molecule has 1 amide bonds. The smallest absolute Gasteiger partial charge is 0.247 e. The number of hydrogen-bond donors (Lipinski definition) is 1. The Morgan fingerprint density at radius 1 is 1.46 bits per heavy atom. The molecular formula is C8H6ClI2NO. The predicted octanol–water partition coefficient (Wildman–Crippen LogP) is 3.47. The lowest BCUT2D eigenvalue weighted by atomic mass is 10.3. The van der Waals surface area contributed by atoms with Crippen LogP contribution in [0.1, 0.15) is 0 Å². The number of halogens is 3. The molecule has 2 nitrogen and oxygen atoms in total. The molecule has 0 aliphatic heterocycles. The van der Waals surface area contributed by atoms with Crippen molar-refractivity contribution in [2.24, 2.45) is 0 Å². The predicted molar refractivity (Wildman–Crippen MR) is 71.9 cm³/mol. The first-order chi connectivity index (χ1) is 6.09. The molecule has 0 bridgehead atoms. The first-order valence-electron chi connectivity index (χ1n) is 3.44. The van der Waals surface area contributed by atoms with Crippen LogP contribution in [0.4, 0.5) is 5.69 Å². The van der Waals surface area contributed by atoms with Gasteiger partial charge in [0.2, 0.25) is 5.91 Å². The van der Waals surface area contributed by atoms with Gasteiger partial charge in [-0.15, -0.1) is 0 Å². The summed E-state index contributed by atoms with van der Waals surface area (Å²) in [5.74, 6) is -0.0246. The summed E-state index contributed by atoms with van der Waals surface area (Å²) in [6, 6.07) is 7.09. The zero-order valence-electron chi connectivity index (χ0n) is 6.43. The van der Waals surface area contributed by atoms with Crippen LogP contribution in [0.15, 0.2) is 24.3 Å². The Morgan fingerprint density at radius 2 is 2.15 bits per heavy atom. The first-order valence-corrected chi connectivity index (χ1v) is 6.31. The Labute approximate surface area is 109 Å². The topological polar surface area (TPSA) is 29.1 Å². The summed E-state index contributed by atoms with van der Waals surface area (Å²) in [5, 5.41) is 3.37. The second kappa shape index (κ2) is 5.35. The van der Waals surface area contributed by atoms with Crippen LogP contribution in [0.3, 0.4) is 0 Å². The highest BCUT2D eigenvalue weighted by Crippen LogP contribution is 2.17. The molecule has 0 aromatic heterocycles. The monoisotopic (exact) mass is 421 g/mol. The van der Waals surface area contributed by atoms with E-state index >= 15 is 0 Å². The van der Waals surface area contributed by atoms with Crippen molar-refractivity contribution < 1.29 is 4.79 Å². The third-order valence-electron chi connectivity index (χ3n) is 1.29. The van der Waals surface area contributed by atoms with E-state index < -0.39 is 0 Å². The zero-order valence-corrected chi connectivity index (χ0v) is 11.5. The number of carbonyl (C=O) groups is 1. The van der Waals surface area contributed by atoms with E-state index in [2.05, 4.69) is 5.32 Å². The summed E-state index contributed by atoms with van der Waals surface area (Å²) >= 11 is 9.84. The number of amides is 1. The van der Waals surface area contributed by atoms with Crippen molar-refractivity contribution in [1.82, 2.24) is 0 Å². The largest absolute Gasteiger partial charge is 0.324 e. The van der Waals surface area contributed by atoms with Crippen LogP contribution >= 0.6 is 56.8 Å². The van der Waals surface area contributed by atoms with Crippen LogP contribution in [0.25, 0.3) is 0 Å². The number of carbonyl (C=O) groups excluding carboxylic acids is 1. The van der Waals surface area contributed by atoms with Gasteiger partial charge in [-0.05, 0) is 18.2 Å².